The summed E-state index contributed by atoms with van der Waals surface area (Å²) < 4.78 is 38.6. The summed E-state index contributed by atoms with van der Waals surface area (Å²) in [6, 6.07) is 13.1. The first-order valence-corrected chi connectivity index (χ1v) is 11.3. The molecule has 0 bridgehead atoms. The van der Waals surface area contributed by atoms with Crippen LogP contribution in [0.3, 0.4) is 0 Å². The van der Waals surface area contributed by atoms with Crippen molar-refractivity contribution in [3.63, 3.8) is 0 Å². The summed E-state index contributed by atoms with van der Waals surface area (Å²) in [5.74, 6) is 0.0347. The maximum absolute atomic E-state index is 12.7. The lowest BCUT2D eigenvalue weighted by atomic mass is 10.2. The lowest BCUT2D eigenvalue weighted by molar-refractivity contribution is 0.0376. The smallest absolute Gasteiger partial charge is 0.255 e. The van der Waals surface area contributed by atoms with E-state index in [0.29, 0.717) is 30.0 Å². The molecule has 1 heterocycles. The molecule has 2 N–H and O–H groups in total. The molecule has 0 spiro atoms. The van der Waals surface area contributed by atoms with Crippen LogP contribution < -0.4 is 14.8 Å². The number of amides is 1. The zero-order chi connectivity index (χ0) is 21.4. The second kappa shape index (κ2) is 10.5. The van der Waals surface area contributed by atoms with E-state index in [1.54, 1.807) is 24.3 Å². The number of ether oxygens (including phenoxy) is 2. The Hall–Kier alpha value is -2.46. The van der Waals surface area contributed by atoms with E-state index in [4.69, 9.17) is 9.47 Å². The third kappa shape index (κ3) is 6.02. The van der Waals surface area contributed by atoms with Gasteiger partial charge in [0, 0.05) is 25.2 Å². The third-order valence-corrected chi connectivity index (χ3v) is 6.27. The second-order valence-electron chi connectivity index (χ2n) is 6.89. The predicted octanol–water partition coefficient (Wildman–Crippen LogP) is 1.95. The molecule has 1 fully saturated rings. The van der Waals surface area contributed by atoms with E-state index in [-0.39, 0.29) is 10.8 Å². The molecule has 0 unspecified atom stereocenters. The van der Waals surface area contributed by atoms with Crippen molar-refractivity contribution in [1.82, 2.24) is 9.62 Å². The Kier molecular flexibility index (Phi) is 7.81. The molecular weight excluding hydrogens is 406 g/mol. The number of rotatable bonds is 9. The van der Waals surface area contributed by atoms with Gasteiger partial charge in [-0.2, -0.15) is 0 Å². The minimum atomic E-state index is -3.71. The summed E-state index contributed by atoms with van der Waals surface area (Å²) in [4.78, 5) is 14.8. The number of methoxy groups -OCH3 is 1. The van der Waals surface area contributed by atoms with Gasteiger partial charge in [-0.25, -0.2) is 13.1 Å². The average molecular weight is 434 g/mol. The number of benzene rings is 2. The lowest BCUT2D eigenvalue weighted by Crippen LogP contribution is -2.38. The van der Waals surface area contributed by atoms with Crippen molar-refractivity contribution in [1.29, 1.82) is 0 Å². The molecule has 1 amide bonds. The molecule has 1 aliphatic rings. The number of nitrogens with zero attached hydrogens (tertiary/aromatic N) is 1. The predicted molar refractivity (Wildman–Crippen MR) is 114 cm³/mol. The summed E-state index contributed by atoms with van der Waals surface area (Å²) in [5.41, 5.74) is 0.761. The molecule has 1 saturated heterocycles. The fourth-order valence-electron chi connectivity index (χ4n) is 3.15. The van der Waals surface area contributed by atoms with Crippen molar-refractivity contribution in [3.8, 4) is 5.75 Å². The van der Waals surface area contributed by atoms with Crippen LogP contribution >= 0.6 is 0 Å². The Bertz CT molecular complexity index is 944. The van der Waals surface area contributed by atoms with Gasteiger partial charge in [-0.3, -0.25) is 9.69 Å². The average Bonchev–Trinajstić information content (AvgIpc) is 2.78. The van der Waals surface area contributed by atoms with Gasteiger partial charge in [0.1, 0.15) is 5.75 Å². The SMILES string of the molecule is COc1ccc(S(=O)(=O)NCCCN2CCOCC2)cc1NC(=O)c1ccccc1. The first kappa shape index (κ1) is 22.2. The Labute approximate surface area is 177 Å². The van der Waals surface area contributed by atoms with Gasteiger partial charge in [0.2, 0.25) is 10.0 Å². The molecule has 0 radical (unpaired) electrons. The van der Waals surface area contributed by atoms with Crippen LogP contribution in [0.4, 0.5) is 5.69 Å². The van der Waals surface area contributed by atoms with Gasteiger partial charge in [-0.05, 0) is 43.3 Å². The second-order valence-corrected chi connectivity index (χ2v) is 8.65. The molecule has 3 rings (SSSR count). The topological polar surface area (TPSA) is 97.0 Å². The number of carbonyl (C=O) groups excluding carboxylic acids is 1. The van der Waals surface area contributed by atoms with E-state index in [1.807, 2.05) is 6.07 Å². The molecule has 9 heteroatoms. The van der Waals surface area contributed by atoms with Crippen molar-refractivity contribution in [3.05, 3.63) is 54.1 Å². The highest BCUT2D eigenvalue weighted by molar-refractivity contribution is 7.89. The highest BCUT2D eigenvalue weighted by atomic mass is 32.2. The summed E-state index contributed by atoms with van der Waals surface area (Å²) >= 11 is 0. The van der Waals surface area contributed by atoms with Crippen molar-refractivity contribution in [2.75, 3.05) is 51.8 Å². The first-order chi connectivity index (χ1) is 14.5. The molecule has 2 aromatic carbocycles. The number of nitrogens with one attached hydrogen (secondary N) is 2. The van der Waals surface area contributed by atoms with Gasteiger partial charge in [0.05, 0.1) is 30.9 Å². The maximum Gasteiger partial charge on any atom is 0.255 e. The van der Waals surface area contributed by atoms with E-state index in [2.05, 4.69) is 14.9 Å². The van der Waals surface area contributed by atoms with E-state index >= 15 is 0 Å². The fourth-order valence-corrected chi connectivity index (χ4v) is 4.25. The number of carbonyl (C=O) groups is 1. The van der Waals surface area contributed by atoms with Crippen molar-refractivity contribution in [2.24, 2.45) is 0 Å². The van der Waals surface area contributed by atoms with Gasteiger partial charge in [0.15, 0.2) is 0 Å². The van der Waals surface area contributed by atoms with Crippen LogP contribution in [0.15, 0.2) is 53.4 Å². The van der Waals surface area contributed by atoms with Crippen LogP contribution in [0.5, 0.6) is 5.75 Å². The standard InChI is InChI=1S/C21H27N3O5S/c1-28-20-9-8-18(16-19(20)23-21(25)17-6-3-2-4-7-17)30(26,27)22-10-5-11-24-12-14-29-15-13-24/h2-4,6-9,16,22H,5,10-15H2,1H3,(H,23,25). The number of sulfonamides is 1. The van der Waals surface area contributed by atoms with Gasteiger partial charge in [-0.15, -0.1) is 0 Å². The Balaban J connectivity index is 1.64. The van der Waals surface area contributed by atoms with Gasteiger partial charge in [0.25, 0.3) is 5.91 Å². The molecule has 8 nitrogen and oxygen atoms in total. The minimum Gasteiger partial charge on any atom is -0.495 e. The van der Waals surface area contributed by atoms with Crippen LogP contribution in [0.25, 0.3) is 0 Å². The van der Waals surface area contributed by atoms with Gasteiger partial charge < -0.3 is 14.8 Å². The van der Waals surface area contributed by atoms with Crippen LogP contribution in [-0.4, -0.2) is 65.7 Å². The molecule has 0 aromatic heterocycles. The third-order valence-electron chi connectivity index (χ3n) is 4.81. The van der Waals surface area contributed by atoms with Gasteiger partial charge in [-0.1, -0.05) is 18.2 Å². The highest BCUT2D eigenvalue weighted by Crippen LogP contribution is 2.28. The van der Waals surface area contributed by atoms with E-state index in [1.165, 1.54) is 25.3 Å². The number of hydrogen-bond acceptors (Lipinski definition) is 6. The Morgan fingerprint density at radius 3 is 2.57 bits per heavy atom. The summed E-state index contributed by atoms with van der Waals surface area (Å²) in [6.45, 7) is 4.32. The number of hydrogen-bond donors (Lipinski definition) is 2. The number of anilines is 1. The zero-order valence-electron chi connectivity index (χ0n) is 17.0. The number of morpholine rings is 1. The molecule has 30 heavy (non-hydrogen) atoms. The van der Waals surface area contributed by atoms with Gasteiger partial charge >= 0.3 is 0 Å². The normalized spacial score (nSPS) is 15.0. The summed E-state index contributed by atoms with van der Waals surface area (Å²) in [5, 5.41) is 2.73. The first-order valence-electron chi connectivity index (χ1n) is 9.84. The Morgan fingerprint density at radius 1 is 1.13 bits per heavy atom. The minimum absolute atomic E-state index is 0.0676. The molecule has 1 aliphatic heterocycles. The monoisotopic (exact) mass is 433 g/mol. The fraction of sp³-hybridized carbons (Fsp3) is 0.381. The van der Waals surface area contributed by atoms with E-state index < -0.39 is 10.0 Å². The van der Waals surface area contributed by atoms with Crippen molar-refractivity contribution in [2.45, 2.75) is 11.3 Å². The van der Waals surface area contributed by atoms with E-state index in [9.17, 15) is 13.2 Å². The zero-order valence-corrected chi connectivity index (χ0v) is 17.8. The maximum atomic E-state index is 12.7. The van der Waals surface area contributed by atoms with Crippen LogP contribution in [-0.2, 0) is 14.8 Å². The molecule has 2 aromatic rings. The Morgan fingerprint density at radius 2 is 1.87 bits per heavy atom. The van der Waals surface area contributed by atoms with Crippen molar-refractivity contribution < 1.29 is 22.7 Å². The highest BCUT2D eigenvalue weighted by Gasteiger charge is 2.18. The molecule has 0 saturated carbocycles. The quantitative estimate of drug-likeness (QED) is 0.587. The van der Waals surface area contributed by atoms with Crippen LogP contribution in [0, 0.1) is 0 Å². The van der Waals surface area contributed by atoms with Crippen LogP contribution in [0.2, 0.25) is 0 Å². The molecule has 162 valence electrons. The van der Waals surface area contributed by atoms with E-state index in [0.717, 1.165) is 32.8 Å². The summed E-state index contributed by atoms with van der Waals surface area (Å²) in [7, 11) is -2.25. The molecule has 0 aliphatic carbocycles. The summed E-state index contributed by atoms with van der Waals surface area (Å²) in [6.07, 6.45) is 0.701. The molecule has 0 atom stereocenters. The van der Waals surface area contributed by atoms with Crippen molar-refractivity contribution >= 4 is 21.6 Å². The lowest BCUT2D eigenvalue weighted by Gasteiger charge is -2.26. The van der Waals surface area contributed by atoms with Crippen LogP contribution in [0.1, 0.15) is 16.8 Å². The molecular formula is C21H27N3O5S. The largest absolute Gasteiger partial charge is 0.495 e.